The van der Waals surface area contributed by atoms with E-state index in [2.05, 4.69) is 36.0 Å². The molecule has 1 fully saturated rings. The van der Waals surface area contributed by atoms with Gasteiger partial charge in [0.05, 0.1) is 0 Å². The molecule has 29 heavy (non-hydrogen) atoms. The van der Waals surface area contributed by atoms with Gasteiger partial charge in [-0.2, -0.15) is 0 Å². The van der Waals surface area contributed by atoms with Gasteiger partial charge < -0.3 is 10.1 Å². The molecule has 0 unspecified atom stereocenters. The number of carbonyl (C=O) groups excluding carboxylic acids is 1. The quantitative estimate of drug-likeness (QED) is 0.676. The first-order valence-corrected chi connectivity index (χ1v) is 10.8. The Hall–Kier alpha value is -2.40. The minimum atomic E-state index is -0.0703. The topological polar surface area (TPSA) is 54.5 Å². The molecule has 1 aliphatic carbocycles. The maximum atomic E-state index is 12.4. The van der Waals surface area contributed by atoms with E-state index in [1.165, 1.54) is 18.4 Å². The number of carbonyl (C=O) groups is 1. The second kappa shape index (κ2) is 10.4. The second-order valence-corrected chi connectivity index (χ2v) is 8.07. The van der Waals surface area contributed by atoms with Crippen LogP contribution in [0.5, 0.6) is 5.88 Å². The van der Waals surface area contributed by atoms with Crippen molar-refractivity contribution in [2.75, 3.05) is 6.54 Å². The molecule has 3 rings (SSSR count). The summed E-state index contributed by atoms with van der Waals surface area (Å²) in [4.78, 5) is 19.2. The molecule has 1 aromatic carbocycles. The highest BCUT2D eigenvalue weighted by Crippen LogP contribution is 2.22. The number of aromatic nitrogens is 1. The molecule has 0 spiro atoms. The van der Waals surface area contributed by atoms with Crippen LogP contribution in [-0.4, -0.2) is 34.5 Å². The van der Waals surface area contributed by atoms with E-state index in [9.17, 15) is 4.79 Å². The highest BCUT2D eigenvalue weighted by Gasteiger charge is 2.17. The van der Waals surface area contributed by atoms with Crippen LogP contribution in [0.25, 0.3) is 0 Å². The first kappa shape index (κ1) is 21.3. The minimum Gasteiger partial charge on any atom is -0.474 e. The minimum absolute atomic E-state index is 0.0703. The van der Waals surface area contributed by atoms with E-state index >= 15 is 0 Å². The lowest BCUT2D eigenvalue weighted by molar-refractivity contribution is 0.0951. The van der Waals surface area contributed by atoms with Crippen LogP contribution >= 0.6 is 0 Å². The van der Waals surface area contributed by atoms with Gasteiger partial charge in [0, 0.05) is 37.0 Å². The van der Waals surface area contributed by atoms with Gasteiger partial charge in [0.2, 0.25) is 5.88 Å². The third-order valence-corrected chi connectivity index (χ3v) is 5.58. The fourth-order valence-corrected chi connectivity index (χ4v) is 3.70. The van der Waals surface area contributed by atoms with Gasteiger partial charge in [0.25, 0.3) is 5.91 Å². The lowest BCUT2D eigenvalue weighted by Crippen LogP contribution is -2.30. The predicted molar refractivity (Wildman–Crippen MR) is 116 cm³/mol. The molecule has 1 aliphatic rings. The van der Waals surface area contributed by atoms with E-state index in [4.69, 9.17) is 4.74 Å². The molecule has 1 saturated carbocycles. The molecule has 0 atom stereocenters. The summed E-state index contributed by atoms with van der Waals surface area (Å²) in [5.74, 6) is 0.601. The van der Waals surface area contributed by atoms with Crippen LogP contribution in [0, 0.1) is 0 Å². The van der Waals surface area contributed by atoms with Gasteiger partial charge in [0.15, 0.2) is 0 Å². The Bertz CT molecular complexity index is 766. The molecule has 1 heterocycles. The maximum absolute atomic E-state index is 12.4. The first-order chi connectivity index (χ1) is 14.0. The Morgan fingerprint density at radius 3 is 2.41 bits per heavy atom. The summed E-state index contributed by atoms with van der Waals surface area (Å²) in [6.45, 7) is 8.94. The van der Waals surface area contributed by atoms with Crippen molar-refractivity contribution in [1.82, 2.24) is 15.2 Å². The van der Waals surface area contributed by atoms with Crippen molar-refractivity contribution in [1.29, 1.82) is 0 Å². The number of hydrogen-bond donors (Lipinski definition) is 1. The van der Waals surface area contributed by atoms with Crippen LogP contribution in [0.4, 0.5) is 0 Å². The number of nitrogens with zero attached hydrogens (tertiary/aromatic N) is 2. The molecule has 2 aromatic rings. The van der Waals surface area contributed by atoms with Crippen molar-refractivity contribution in [3.63, 3.8) is 0 Å². The summed E-state index contributed by atoms with van der Waals surface area (Å²) < 4.78 is 5.88. The zero-order chi connectivity index (χ0) is 20.6. The van der Waals surface area contributed by atoms with Gasteiger partial charge in [-0.05, 0) is 69.3 Å². The highest BCUT2D eigenvalue weighted by atomic mass is 16.5. The number of hydrogen-bond acceptors (Lipinski definition) is 4. The molecule has 156 valence electrons. The van der Waals surface area contributed by atoms with Gasteiger partial charge in [-0.25, -0.2) is 4.98 Å². The summed E-state index contributed by atoms with van der Waals surface area (Å²) in [5.41, 5.74) is 2.86. The van der Waals surface area contributed by atoms with Gasteiger partial charge in [-0.15, -0.1) is 0 Å². The van der Waals surface area contributed by atoms with Crippen molar-refractivity contribution in [2.24, 2.45) is 0 Å². The molecular weight excluding hydrogens is 362 g/mol. The van der Waals surface area contributed by atoms with Crippen molar-refractivity contribution < 1.29 is 9.53 Å². The Labute approximate surface area is 174 Å². The summed E-state index contributed by atoms with van der Waals surface area (Å²) in [5, 5.41) is 2.97. The number of pyridine rings is 1. The van der Waals surface area contributed by atoms with Crippen LogP contribution in [0.15, 0.2) is 42.6 Å². The van der Waals surface area contributed by atoms with Gasteiger partial charge in [-0.3, -0.25) is 9.69 Å². The normalized spacial score (nSPS) is 14.5. The van der Waals surface area contributed by atoms with E-state index in [1.54, 1.807) is 6.20 Å². The third kappa shape index (κ3) is 6.29. The van der Waals surface area contributed by atoms with Crippen LogP contribution in [-0.2, 0) is 13.1 Å². The molecule has 0 saturated heterocycles. The summed E-state index contributed by atoms with van der Waals surface area (Å²) in [7, 11) is 0. The molecule has 0 aliphatic heterocycles. The van der Waals surface area contributed by atoms with Crippen LogP contribution < -0.4 is 10.1 Å². The average molecular weight is 396 g/mol. The van der Waals surface area contributed by atoms with Crippen molar-refractivity contribution in [2.45, 2.75) is 71.7 Å². The first-order valence-electron chi connectivity index (χ1n) is 10.8. The predicted octanol–water partition coefficient (Wildman–Crippen LogP) is 4.56. The molecule has 1 aromatic heterocycles. The number of rotatable bonds is 9. The Morgan fingerprint density at radius 2 is 1.83 bits per heavy atom. The average Bonchev–Trinajstić information content (AvgIpc) is 3.24. The lowest BCUT2D eigenvalue weighted by atomic mass is 10.1. The van der Waals surface area contributed by atoms with Crippen LogP contribution in [0.3, 0.4) is 0 Å². The van der Waals surface area contributed by atoms with E-state index in [0.29, 0.717) is 30.1 Å². The maximum Gasteiger partial charge on any atom is 0.251 e. The zero-order valence-electron chi connectivity index (χ0n) is 17.9. The standard InChI is InChI=1S/C24H33N3O2/c1-4-27(18(2)3)17-19-9-12-21(13-10-19)24(28)26-16-20-11-14-23(25-15-20)29-22-7-5-6-8-22/h9-15,18,22H,4-8,16-17H2,1-3H3,(H,26,28). The highest BCUT2D eigenvalue weighted by molar-refractivity contribution is 5.94. The largest absolute Gasteiger partial charge is 0.474 e. The SMILES string of the molecule is CCN(Cc1ccc(C(=O)NCc2ccc(OC3CCCC3)nc2)cc1)C(C)C. The molecule has 1 N–H and O–H groups in total. The van der Waals surface area contributed by atoms with Crippen LogP contribution in [0.2, 0.25) is 0 Å². The van der Waals surface area contributed by atoms with Gasteiger partial charge in [-0.1, -0.05) is 25.1 Å². The number of benzene rings is 1. The number of ether oxygens (including phenoxy) is 1. The Morgan fingerprint density at radius 1 is 1.14 bits per heavy atom. The van der Waals surface area contributed by atoms with Crippen molar-refractivity contribution in [3.05, 3.63) is 59.3 Å². The fourth-order valence-electron chi connectivity index (χ4n) is 3.70. The Balaban J connectivity index is 1.48. The van der Waals surface area contributed by atoms with Crippen molar-refractivity contribution in [3.8, 4) is 5.88 Å². The molecule has 5 heteroatoms. The summed E-state index contributed by atoms with van der Waals surface area (Å²) in [6.07, 6.45) is 6.80. The summed E-state index contributed by atoms with van der Waals surface area (Å²) >= 11 is 0. The van der Waals surface area contributed by atoms with E-state index in [-0.39, 0.29) is 5.91 Å². The third-order valence-electron chi connectivity index (χ3n) is 5.58. The van der Waals surface area contributed by atoms with E-state index in [0.717, 1.165) is 31.5 Å². The van der Waals surface area contributed by atoms with Crippen molar-refractivity contribution >= 4 is 5.91 Å². The smallest absolute Gasteiger partial charge is 0.251 e. The molecule has 1 amide bonds. The molecule has 0 bridgehead atoms. The van der Waals surface area contributed by atoms with E-state index in [1.807, 2.05) is 36.4 Å². The second-order valence-electron chi connectivity index (χ2n) is 8.07. The van der Waals surface area contributed by atoms with E-state index < -0.39 is 0 Å². The summed E-state index contributed by atoms with van der Waals surface area (Å²) in [6, 6.07) is 12.2. The Kier molecular flexibility index (Phi) is 7.64. The number of amides is 1. The molecular formula is C24H33N3O2. The molecule has 5 nitrogen and oxygen atoms in total. The van der Waals surface area contributed by atoms with Crippen LogP contribution in [0.1, 0.15) is 67.9 Å². The van der Waals surface area contributed by atoms with Gasteiger partial charge in [0.1, 0.15) is 6.10 Å². The number of nitrogens with one attached hydrogen (secondary N) is 1. The lowest BCUT2D eigenvalue weighted by Gasteiger charge is -2.24. The van der Waals surface area contributed by atoms with Gasteiger partial charge >= 0.3 is 0 Å². The fraction of sp³-hybridized carbons (Fsp3) is 0.500. The zero-order valence-corrected chi connectivity index (χ0v) is 17.9. The molecule has 0 radical (unpaired) electrons. The monoisotopic (exact) mass is 395 g/mol.